The highest BCUT2D eigenvalue weighted by molar-refractivity contribution is 5.75. The molecule has 1 aliphatic carbocycles. The van der Waals surface area contributed by atoms with E-state index in [0.717, 1.165) is 17.8 Å². The van der Waals surface area contributed by atoms with E-state index in [1.807, 2.05) is 25.1 Å². The molecule has 21 heavy (non-hydrogen) atoms. The van der Waals surface area contributed by atoms with Crippen LogP contribution < -0.4 is 5.32 Å². The molecule has 2 N–H and O–H groups in total. The Balaban J connectivity index is 1.84. The number of hydrogen-bond acceptors (Lipinski definition) is 3. The number of hydrogen-bond donors (Lipinski definition) is 2. The van der Waals surface area contributed by atoms with Crippen LogP contribution >= 0.6 is 0 Å². The molecule has 114 valence electrons. The molecule has 2 atom stereocenters. The van der Waals surface area contributed by atoms with Crippen molar-refractivity contribution in [1.29, 1.82) is 0 Å². The summed E-state index contributed by atoms with van der Waals surface area (Å²) in [6.45, 7) is 2.34. The number of carbonyl (C=O) groups is 2. The molecule has 0 saturated heterocycles. The van der Waals surface area contributed by atoms with Gasteiger partial charge in [-0.05, 0) is 38.3 Å². The Morgan fingerprint density at radius 2 is 2.19 bits per heavy atom. The van der Waals surface area contributed by atoms with Gasteiger partial charge in [0.2, 0.25) is 0 Å². The summed E-state index contributed by atoms with van der Waals surface area (Å²) < 4.78 is 0. The van der Waals surface area contributed by atoms with Crippen molar-refractivity contribution in [2.75, 3.05) is 7.05 Å². The minimum atomic E-state index is -0.774. The first kappa shape index (κ1) is 15.3. The van der Waals surface area contributed by atoms with Crippen molar-refractivity contribution in [3.8, 4) is 0 Å². The standard InChI is InChI=1S/C15H21N3O3/c1-10-4-3-5-13(16-10)9-18(2)15(21)17-12-7-6-11(8-12)14(19)20/h3-5,11-12H,6-9H2,1-2H3,(H,17,21)(H,19,20). The van der Waals surface area contributed by atoms with Crippen LogP contribution in [0.4, 0.5) is 4.79 Å². The highest BCUT2D eigenvalue weighted by atomic mass is 16.4. The van der Waals surface area contributed by atoms with Crippen LogP contribution in [0.3, 0.4) is 0 Å². The van der Waals surface area contributed by atoms with E-state index in [2.05, 4.69) is 10.3 Å². The maximum Gasteiger partial charge on any atom is 0.317 e. The third-order valence-electron chi connectivity index (χ3n) is 3.80. The molecule has 1 aliphatic rings. The molecular weight excluding hydrogens is 270 g/mol. The van der Waals surface area contributed by atoms with Gasteiger partial charge in [0.15, 0.2) is 0 Å². The molecular formula is C15H21N3O3. The normalized spacial score (nSPS) is 21.0. The van der Waals surface area contributed by atoms with Crippen LogP contribution in [0.1, 0.15) is 30.7 Å². The number of urea groups is 1. The monoisotopic (exact) mass is 291 g/mol. The molecule has 1 aromatic rings. The molecule has 0 aromatic carbocycles. The smallest absolute Gasteiger partial charge is 0.317 e. The number of carbonyl (C=O) groups excluding carboxylic acids is 1. The number of amides is 2. The van der Waals surface area contributed by atoms with Gasteiger partial charge in [-0.2, -0.15) is 0 Å². The van der Waals surface area contributed by atoms with Gasteiger partial charge in [-0.25, -0.2) is 4.79 Å². The van der Waals surface area contributed by atoms with Crippen LogP contribution in [-0.2, 0) is 11.3 Å². The topological polar surface area (TPSA) is 82.5 Å². The fourth-order valence-corrected chi connectivity index (χ4v) is 2.62. The molecule has 2 unspecified atom stereocenters. The van der Waals surface area contributed by atoms with Crippen molar-refractivity contribution < 1.29 is 14.7 Å². The van der Waals surface area contributed by atoms with Crippen LogP contribution in [0.2, 0.25) is 0 Å². The largest absolute Gasteiger partial charge is 0.481 e. The first-order chi connectivity index (χ1) is 9.95. The maximum atomic E-state index is 12.1. The third kappa shape index (κ3) is 4.18. The van der Waals surface area contributed by atoms with Crippen LogP contribution in [0.15, 0.2) is 18.2 Å². The second kappa shape index (κ2) is 6.56. The lowest BCUT2D eigenvalue weighted by Crippen LogP contribution is -2.42. The van der Waals surface area contributed by atoms with Gasteiger partial charge in [0.05, 0.1) is 18.2 Å². The quantitative estimate of drug-likeness (QED) is 0.886. The first-order valence-corrected chi connectivity index (χ1v) is 7.12. The molecule has 0 bridgehead atoms. The van der Waals surface area contributed by atoms with E-state index < -0.39 is 5.97 Å². The average Bonchev–Trinajstić information content (AvgIpc) is 2.87. The molecule has 2 rings (SSSR count). The van der Waals surface area contributed by atoms with Crippen LogP contribution in [0.5, 0.6) is 0 Å². The minimum absolute atomic E-state index is 0.0495. The second-order valence-electron chi connectivity index (χ2n) is 5.62. The zero-order chi connectivity index (χ0) is 15.4. The average molecular weight is 291 g/mol. The number of carboxylic acids is 1. The van der Waals surface area contributed by atoms with Gasteiger partial charge < -0.3 is 15.3 Å². The summed E-state index contributed by atoms with van der Waals surface area (Å²) >= 11 is 0. The van der Waals surface area contributed by atoms with E-state index in [1.54, 1.807) is 11.9 Å². The Kier molecular flexibility index (Phi) is 4.77. The van der Waals surface area contributed by atoms with Crippen LogP contribution in [0, 0.1) is 12.8 Å². The van der Waals surface area contributed by atoms with Crippen LogP contribution in [0.25, 0.3) is 0 Å². The minimum Gasteiger partial charge on any atom is -0.481 e. The highest BCUT2D eigenvalue weighted by Crippen LogP contribution is 2.25. The van der Waals surface area contributed by atoms with Gasteiger partial charge in [-0.1, -0.05) is 6.07 Å². The molecule has 2 amide bonds. The number of pyridine rings is 1. The van der Waals surface area contributed by atoms with Gasteiger partial charge in [0.1, 0.15) is 0 Å². The summed E-state index contributed by atoms with van der Waals surface area (Å²) in [5, 5.41) is 11.9. The van der Waals surface area contributed by atoms with Crippen molar-refractivity contribution in [2.24, 2.45) is 5.92 Å². The summed E-state index contributed by atoms with van der Waals surface area (Å²) in [5.74, 6) is -1.11. The predicted molar refractivity (Wildman–Crippen MR) is 77.7 cm³/mol. The number of nitrogens with one attached hydrogen (secondary N) is 1. The molecule has 0 spiro atoms. The zero-order valence-electron chi connectivity index (χ0n) is 12.4. The summed E-state index contributed by atoms with van der Waals surface area (Å²) in [6.07, 6.45) is 1.86. The molecule has 0 radical (unpaired) electrons. The third-order valence-corrected chi connectivity index (χ3v) is 3.80. The Morgan fingerprint density at radius 1 is 1.43 bits per heavy atom. The van der Waals surface area contributed by atoms with Crippen molar-refractivity contribution in [2.45, 2.75) is 38.8 Å². The van der Waals surface area contributed by atoms with Gasteiger partial charge in [-0.3, -0.25) is 9.78 Å². The van der Waals surface area contributed by atoms with Crippen LogP contribution in [-0.4, -0.2) is 40.1 Å². The Bertz CT molecular complexity index is 533. The zero-order valence-corrected chi connectivity index (χ0v) is 12.4. The van der Waals surface area contributed by atoms with Crippen molar-refractivity contribution in [1.82, 2.24) is 15.2 Å². The number of nitrogens with zero attached hydrogens (tertiary/aromatic N) is 2. The van der Waals surface area contributed by atoms with E-state index in [0.29, 0.717) is 19.4 Å². The lowest BCUT2D eigenvalue weighted by molar-refractivity contribution is -0.141. The molecule has 1 saturated carbocycles. The Labute approximate surface area is 124 Å². The number of aliphatic carboxylic acids is 1. The van der Waals surface area contributed by atoms with Crippen molar-refractivity contribution in [3.05, 3.63) is 29.6 Å². The highest BCUT2D eigenvalue weighted by Gasteiger charge is 2.31. The van der Waals surface area contributed by atoms with Crippen molar-refractivity contribution in [3.63, 3.8) is 0 Å². The van der Waals surface area contributed by atoms with Gasteiger partial charge >= 0.3 is 12.0 Å². The Hall–Kier alpha value is -2.11. The van der Waals surface area contributed by atoms with Gasteiger partial charge in [-0.15, -0.1) is 0 Å². The molecule has 1 aromatic heterocycles. The summed E-state index contributed by atoms with van der Waals surface area (Å²) in [4.78, 5) is 28.9. The SMILES string of the molecule is Cc1cccc(CN(C)C(=O)NC2CCC(C(=O)O)C2)n1. The van der Waals surface area contributed by atoms with E-state index in [1.165, 1.54) is 0 Å². The number of rotatable bonds is 4. The summed E-state index contributed by atoms with van der Waals surface area (Å²) in [5.41, 5.74) is 1.75. The van der Waals surface area contributed by atoms with E-state index in [-0.39, 0.29) is 18.0 Å². The lowest BCUT2D eigenvalue weighted by Gasteiger charge is -2.21. The fraction of sp³-hybridized carbons (Fsp3) is 0.533. The molecule has 1 heterocycles. The lowest BCUT2D eigenvalue weighted by atomic mass is 10.1. The van der Waals surface area contributed by atoms with Gasteiger partial charge in [0.25, 0.3) is 0 Å². The molecule has 1 fully saturated rings. The van der Waals surface area contributed by atoms with Crippen molar-refractivity contribution >= 4 is 12.0 Å². The van der Waals surface area contributed by atoms with E-state index in [4.69, 9.17) is 5.11 Å². The second-order valence-corrected chi connectivity index (χ2v) is 5.62. The molecule has 6 heteroatoms. The first-order valence-electron chi connectivity index (χ1n) is 7.12. The van der Waals surface area contributed by atoms with E-state index in [9.17, 15) is 9.59 Å². The van der Waals surface area contributed by atoms with E-state index >= 15 is 0 Å². The maximum absolute atomic E-state index is 12.1. The number of carboxylic acid groups (broad SMARTS) is 1. The molecule has 6 nitrogen and oxygen atoms in total. The number of aromatic nitrogens is 1. The number of aryl methyl sites for hydroxylation is 1. The summed E-state index contributed by atoms with van der Waals surface area (Å²) in [7, 11) is 1.71. The Morgan fingerprint density at radius 3 is 2.81 bits per heavy atom. The molecule has 0 aliphatic heterocycles. The fourth-order valence-electron chi connectivity index (χ4n) is 2.62. The van der Waals surface area contributed by atoms with Gasteiger partial charge in [0, 0.05) is 18.8 Å². The predicted octanol–water partition coefficient (Wildman–Crippen LogP) is 1.78. The summed E-state index contributed by atoms with van der Waals surface area (Å²) in [6, 6.07) is 5.47.